The van der Waals surface area contributed by atoms with E-state index in [1.165, 1.54) is 78.3 Å². The Morgan fingerprint density at radius 3 is 2.17 bits per heavy atom. The van der Waals surface area contributed by atoms with Crippen LogP contribution in [0.3, 0.4) is 0 Å². The van der Waals surface area contributed by atoms with E-state index in [4.69, 9.17) is 9.47 Å². The summed E-state index contributed by atoms with van der Waals surface area (Å²) in [5.74, 6) is 2.53. The van der Waals surface area contributed by atoms with Gasteiger partial charge in [-0.2, -0.15) is 0 Å². The molecule has 6 aromatic rings. The molecular formula is C63H68N4O4. The zero-order valence-electron chi connectivity index (χ0n) is 40.9. The van der Waals surface area contributed by atoms with E-state index in [2.05, 4.69) is 118 Å². The summed E-state index contributed by atoms with van der Waals surface area (Å²) in [4.78, 5) is 15.7. The average molecular weight is 945 g/mol. The minimum atomic E-state index is -0.184. The molecule has 364 valence electrons. The second-order valence-electron chi connectivity index (χ2n) is 21.9. The van der Waals surface area contributed by atoms with Crippen LogP contribution < -0.4 is 20.7 Å². The van der Waals surface area contributed by atoms with E-state index in [0.29, 0.717) is 36.3 Å². The zero-order valence-corrected chi connectivity index (χ0v) is 40.9. The van der Waals surface area contributed by atoms with Gasteiger partial charge in [0.1, 0.15) is 24.7 Å². The Balaban J connectivity index is 0.000000162. The van der Waals surface area contributed by atoms with Gasteiger partial charge in [-0.05, 0) is 157 Å². The number of aryl methyl sites for hydroxylation is 1. The van der Waals surface area contributed by atoms with Crippen molar-refractivity contribution >= 4 is 41.0 Å². The van der Waals surface area contributed by atoms with Crippen molar-refractivity contribution in [2.24, 2.45) is 11.8 Å². The van der Waals surface area contributed by atoms with Gasteiger partial charge in [0.2, 0.25) is 0 Å². The highest BCUT2D eigenvalue weighted by Crippen LogP contribution is 2.60. The first-order valence-electron chi connectivity index (χ1n) is 26.8. The van der Waals surface area contributed by atoms with Gasteiger partial charge in [-0.3, -0.25) is 0 Å². The third kappa shape index (κ3) is 7.71. The van der Waals surface area contributed by atoms with Crippen LogP contribution in [-0.4, -0.2) is 41.3 Å². The molecule has 8 nitrogen and oxygen atoms in total. The number of rotatable bonds is 5. The van der Waals surface area contributed by atoms with Gasteiger partial charge in [-0.1, -0.05) is 135 Å². The molecule has 4 aliphatic carbocycles. The summed E-state index contributed by atoms with van der Waals surface area (Å²) >= 11 is 0. The maximum Gasteiger partial charge on any atom is 0.410 e. The Hall–Kier alpha value is -6.51. The van der Waals surface area contributed by atoms with Crippen molar-refractivity contribution in [1.82, 2.24) is 10.2 Å². The van der Waals surface area contributed by atoms with Gasteiger partial charge >= 0.3 is 6.09 Å². The molecule has 2 saturated carbocycles. The first-order chi connectivity index (χ1) is 35.0. The lowest BCUT2D eigenvalue weighted by atomic mass is 9.52. The van der Waals surface area contributed by atoms with Gasteiger partial charge in [0, 0.05) is 47.8 Å². The molecule has 4 N–H and O–H groups in total. The first kappa shape index (κ1) is 44.4. The van der Waals surface area contributed by atoms with Gasteiger partial charge in [-0.25, -0.2) is 4.79 Å². The summed E-state index contributed by atoms with van der Waals surface area (Å²) in [6.45, 7) is 2.67. The fourth-order valence-electron chi connectivity index (χ4n) is 15.2. The summed E-state index contributed by atoms with van der Waals surface area (Å²) in [5.41, 5.74) is 17.6. The van der Waals surface area contributed by atoms with Gasteiger partial charge in [0.25, 0.3) is 0 Å². The molecule has 4 bridgehead atoms. The number of phenols is 1. The summed E-state index contributed by atoms with van der Waals surface area (Å²) in [5, 5.41) is 22.3. The number of carbonyl (C=O) groups is 1. The third-order valence-corrected chi connectivity index (χ3v) is 18.5. The van der Waals surface area contributed by atoms with Crippen molar-refractivity contribution in [3.63, 3.8) is 0 Å². The third-order valence-electron chi connectivity index (χ3n) is 18.5. The molecule has 8 aliphatic rings. The normalized spacial score (nSPS) is 25.8. The lowest BCUT2D eigenvalue weighted by Gasteiger charge is -2.59. The van der Waals surface area contributed by atoms with E-state index in [-0.39, 0.29) is 19.0 Å². The van der Waals surface area contributed by atoms with Crippen LogP contribution in [0.1, 0.15) is 121 Å². The number of aromatic hydroxyl groups is 1. The van der Waals surface area contributed by atoms with E-state index in [1.807, 2.05) is 36.4 Å². The summed E-state index contributed by atoms with van der Waals surface area (Å²) in [6.07, 6.45) is 20.6. The number of fused-ring (bicyclic) bond motifs is 8. The van der Waals surface area contributed by atoms with Crippen molar-refractivity contribution in [2.45, 2.75) is 126 Å². The van der Waals surface area contributed by atoms with Crippen LogP contribution in [0.2, 0.25) is 0 Å². The van der Waals surface area contributed by atoms with Crippen molar-refractivity contribution < 1.29 is 20.8 Å². The van der Waals surface area contributed by atoms with Crippen LogP contribution in [0, 0.1) is 11.8 Å². The molecule has 2 saturated heterocycles. The number of nitrogens with zero attached hydrogens (tertiary/aromatic N) is 1. The van der Waals surface area contributed by atoms with E-state index in [0.717, 1.165) is 109 Å². The molecule has 0 radical (unpaired) electrons. The molecule has 71 heavy (non-hydrogen) atoms. The fraction of sp³-hybridized carbons (Fsp3) is 0.381. The predicted octanol–water partition coefficient (Wildman–Crippen LogP) is 13.7. The van der Waals surface area contributed by atoms with Gasteiger partial charge in [-0.15, -0.1) is 0 Å². The molecule has 4 aliphatic heterocycles. The Bertz CT molecular complexity index is 3030. The standard InChI is InChI=1S/C39H38N2O3.C24H28N2O.H2/c42-38(44-26-28-13-5-2-6-14-28)41-22-21-39-20-10-9-16-32(39)35(41)23-31-30-19-18-29-15-7-8-17-34(29)40-37(30)36(24-33(31)39)43-25-27-11-3-1-4-12-27;27-22-14-19-17(13-21-18-6-3-4-10-24(18,19)11-12-25-21)16-9-8-15-5-1-2-7-20(15)26-23(16)22;/h1-8,11-15,17-19,24,32,35,40H,9-10,16,20-23,25-26H2;1-2,5,7,14,18,21,25-27H,3-4,6,8-13H2;1H/t32?,35-,39-;18?,21-,24-;/m00./s1. The second kappa shape index (κ2) is 18.3. The topological polar surface area (TPSA) is 95.1 Å². The van der Waals surface area contributed by atoms with Crippen molar-refractivity contribution in [2.75, 3.05) is 23.7 Å². The predicted molar refractivity (Wildman–Crippen MR) is 286 cm³/mol. The fourth-order valence-corrected chi connectivity index (χ4v) is 15.2. The molecular weight excluding hydrogens is 877 g/mol. The molecule has 6 aromatic carbocycles. The van der Waals surface area contributed by atoms with Gasteiger partial charge in [0.05, 0.1) is 11.4 Å². The van der Waals surface area contributed by atoms with E-state index in [9.17, 15) is 9.90 Å². The molecule has 0 aromatic heterocycles. The largest absolute Gasteiger partial charge is 0.506 e. The van der Waals surface area contributed by atoms with E-state index < -0.39 is 0 Å². The van der Waals surface area contributed by atoms with Gasteiger partial charge in [0.15, 0.2) is 0 Å². The molecule has 14 rings (SSSR count). The number of piperidine rings is 2. The highest BCUT2D eigenvalue weighted by Gasteiger charge is 2.56. The number of phenolic OH excluding ortho intramolecular Hbond substituents is 1. The van der Waals surface area contributed by atoms with Crippen LogP contribution >= 0.6 is 0 Å². The molecule has 0 spiro atoms. The van der Waals surface area contributed by atoms with Crippen LogP contribution in [-0.2, 0) is 54.5 Å². The second-order valence-corrected chi connectivity index (χ2v) is 21.9. The van der Waals surface area contributed by atoms with Crippen LogP contribution in [0.5, 0.6) is 11.5 Å². The summed E-state index contributed by atoms with van der Waals surface area (Å²) < 4.78 is 12.6. The Morgan fingerprint density at radius 1 is 0.662 bits per heavy atom. The van der Waals surface area contributed by atoms with Gasteiger partial charge < -0.3 is 35.4 Å². The molecule has 1 amide bonds. The molecule has 4 heterocycles. The molecule has 4 fully saturated rings. The monoisotopic (exact) mass is 945 g/mol. The Kier molecular flexibility index (Phi) is 11.4. The van der Waals surface area contributed by atoms with Crippen LogP contribution in [0.25, 0.3) is 12.2 Å². The minimum Gasteiger partial charge on any atom is -0.506 e. The highest BCUT2D eigenvalue weighted by atomic mass is 16.6. The number of carbonyl (C=O) groups excluding carboxylic acids is 1. The number of benzene rings is 6. The summed E-state index contributed by atoms with van der Waals surface area (Å²) in [7, 11) is 0. The number of nitrogens with one attached hydrogen (secondary N) is 3. The Morgan fingerprint density at radius 2 is 1.35 bits per heavy atom. The Labute approximate surface area is 420 Å². The lowest BCUT2D eigenvalue weighted by Crippen LogP contribution is -2.62. The summed E-state index contributed by atoms with van der Waals surface area (Å²) in [6, 6.07) is 42.6. The molecule has 2 unspecified atom stereocenters. The number of anilines is 4. The maximum atomic E-state index is 13.7. The number of para-hydroxylation sites is 2. The first-order valence-corrected chi connectivity index (χ1v) is 26.8. The number of hydrogen-bond acceptors (Lipinski definition) is 7. The number of ether oxygens (including phenoxy) is 2. The molecule has 8 heteroatoms. The van der Waals surface area contributed by atoms with Crippen molar-refractivity contribution in [3.05, 3.63) is 177 Å². The highest BCUT2D eigenvalue weighted by molar-refractivity contribution is 5.92. The zero-order chi connectivity index (χ0) is 47.5. The smallest absolute Gasteiger partial charge is 0.410 e. The van der Waals surface area contributed by atoms with Crippen LogP contribution in [0.4, 0.5) is 27.5 Å². The molecule has 6 atom stereocenters. The maximum absolute atomic E-state index is 13.7. The SMILES string of the molecule is O=C(OCc1ccccc1)N1CC[C@@]23CCCCC2[C@@H]1Cc1c3cc(OCc2ccccc2)c2c1C=Cc1ccccc1N2.Oc1cc2c(c3c1Nc1ccccc1CC3)C[C@@H]1NCC[C@]23CCCCC13.[HH]. The minimum absolute atomic E-state index is 0. The average Bonchev–Trinajstić information content (AvgIpc) is 3.74. The van der Waals surface area contributed by atoms with Crippen LogP contribution in [0.15, 0.2) is 121 Å². The quantitative estimate of drug-likeness (QED) is 0.128. The van der Waals surface area contributed by atoms with Crippen molar-refractivity contribution in [3.8, 4) is 11.5 Å². The number of likely N-dealkylation sites (tertiary alicyclic amines) is 1. The van der Waals surface area contributed by atoms with E-state index >= 15 is 0 Å². The lowest BCUT2D eigenvalue weighted by molar-refractivity contribution is -0.0137. The number of hydrogen-bond donors (Lipinski definition) is 4. The van der Waals surface area contributed by atoms with Crippen molar-refractivity contribution in [1.29, 1.82) is 0 Å². The van der Waals surface area contributed by atoms with E-state index in [1.54, 1.807) is 5.56 Å². The number of amides is 1.